The molecule has 6 nitrogen and oxygen atoms in total. The van der Waals surface area contributed by atoms with Crippen molar-refractivity contribution in [3.8, 4) is 11.5 Å². The number of nitrogens with one attached hydrogen (secondary N) is 2. The first kappa shape index (κ1) is 18.5. The summed E-state index contributed by atoms with van der Waals surface area (Å²) in [5.74, 6) is 2.67. The van der Waals surface area contributed by atoms with E-state index < -0.39 is 0 Å². The SMILES string of the molecule is COc1ccc(OC)c(Nc2nc(C)cc(NCc3cccc(C)c3)n2)c1. The molecule has 0 saturated heterocycles. The molecule has 6 heteroatoms. The van der Waals surface area contributed by atoms with E-state index in [4.69, 9.17) is 9.47 Å². The normalized spacial score (nSPS) is 10.4. The number of nitrogens with zero attached hydrogens (tertiary/aromatic N) is 2. The lowest BCUT2D eigenvalue weighted by molar-refractivity contribution is 0.405. The highest BCUT2D eigenvalue weighted by molar-refractivity contribution is 5.65. The number of rotatable bonds is 7. The molecule has 0 spiro atoms. The van der Waals surface area contributed by atoms with Gasteiger partial charge in [-0.3, -0.25) is 0 Å². The number of benzene rings is 2. The molecule has 140 valence electrons. The largest absolute Gasteiger partial charge is 0.497 e. The van der Waals surface area contributed by atoms with E-state index >= 15 is 0 Å². The van der Waals surface area contributed by atoms with Crippen LogP contribution in [0.2, 0.25) is 0 Å². The fraction of sp³-hybridized carbons (Fsp3) is 0.238. The molecule has 0 atom stereocenters. The van der Waals surface area contributed by atoms with Gasteiger partial charge in [0.1, 0.15) is 17.3 Å². The predicted octanol–water partition coefficient (Wildman–Crippen LogP) is 4.47. The van der Waals surface area contributed by atoms with Crippen molar-refractivity contribution in [3.63, 3.8) is 0 Å². The second kappa shape index (κ2) is 8.40. The number of aromatic nitrogens is 2. The van der Waals surface area contributed by atoms with Gasteiger partial charge in [0.05, 0.1) is 19.9 Å². The van der Waals surface area contributed by atoms with E-state index in [1.807, 2.05) is 31.2 Å². The monoisotopic (exact) mass is 364 g/mol. The lowest BCUT2D eigenvalue weighted by Crippen LogP contribution is -2.06. The van der Waals surface area contributed by atoms with Crippen LogP contribution >= 0.6 is 0 Å². The Labute approximate surface area is 159 Å². The van der Waals surface area contributed by atoms with E-state index in [2.05, 4.69) is 51.8 Å². The van der Waals surface area contributed by atoms with Crippen LogP contribution in [-0.4, -0.2) is 24.2 Å². The van der Waals surface area contributed by atoms with Crippen molar-refractivity contribution in [3.05, 3.63) is 65.4 Å². The molecular weight excluding hydrogens is 340 g/mol. The van der Waals surface area contributed by atoms with E-state index in [0.29, 0.717) is 18.2 Å². The number of ether oxygens (including phenoxy) is 2. The minimum atomic E-state index is 0.494. The average molecular weight is 364 g/mol. The van der Waals surface area contributed by atoms with Crippen LogP contribution in [0, 0.1) is 13.8 Å². The van der Waals surface area contributed by atoms with Crippen molar-refractivity contribution >= 4 is 17.5 Å². The summed E-state index contributed by atoms with van der Waals surface area (Å²) in [7, 11) is 3.25. The fourth-order valence-corrected chi connectivity index (χ4v) is 2.76. The quantitative estimate of drug-likeness (QED) is 0.645. The zero-order chi connectivity index (χ0) is 19.2. The van der Waals surface area contributed by atoms with Crippen LogP contribution in [0.25, 0.3) is 0 Å². The van der Waals surface area contributed by atoms with Crippen LogP contribution in [0.3, 0.4) is 0 Å². The lowest BCUT2D eigenvalue weighted by atomic mass is 10.1. The first-order valence-electron chi connectivity index (χ1n) is 8.71. The maximum atomic E-state index is 5.40. The summed E-state index contributed by atoms with van der Waals surface area (Å²) >= 11 is 0. The third kappa shape index (κ3) is 4.88. The smallest absolute Gasteiger partial charge is 0.229 e. The first-order chi connectivity index (χ1) is 13.1. The molecule has 2 N–H and O–H groups in total. The van der Waals surface area contributed by atoms with Crippen LogP contribution in [0.1, 0.15) is 16.8 Å². The molecule has 27 heavy (non-hydrogen) atoms. The molecule has 0 aliphatic heterocycles. The Morgan fingerprint density at radius 3 is 2.52 bits per heavy atom. The van der Waals surface area contributed by atoms with Crippen molar-refractivity contribution in [2.45, 2.75) is 20.4 Å². The first-order valence-corrected chi connectivity index (χ1v) is 8.71. The summed E-state index contributed by atoms with van der Waals surface area (Å²) in [4.78, 5) is 9.04. The Bertz CT molecular complexity index is 928. The second-order valence-electron chi connectivity index (χ2n) is 6.25. The minimum absolute atomic E-state index is 0.494. The van der Waals surface area contributed by atoms with Crippen LogP contribution in [0.5, 0.6) is 11.5 Å². The van der Waals surface area contributed by atoms with Gasteiger partial charge in [0.2, 0.25) is 5.95 Å². The molecule has 1 aromatic heterocycles. The summed E-state index contributed by atoms with van der Waals surface area (Å²) in [6.45, 7) is 4.72. The maximum Gasteiger partial charge on any atom is 0.229 e. The number of anilines is 3. The summed E-state index contributed by atoms with van der Waals surface area (Å²) in [5, 5.41) is 6.58. The highest BCUT2D eigenvalue weighted by Gasteiger charge is 2.09. The molecule has 0 saturated carbocycles. The number of hydrogen-bond acceptors (Lipinski definition) is 6. The number of methoxy groups -OCH3 is 2. The van der Waals surface area contributed by atoms with Crippen LogP contribution in [0.15, 0.2) is 48.5 Å². The van der Waals surface area contributed by atoms with Crippen molar-refractivity contribution in [1.82, 2.24) is 9.97 Å². The third-order valence-electron chi connectivity index (χ3n) is 4.06. The molecule has 0 aliphatic rings. The van der Waals surface area contributed by atoms with Crippen molar-refractivity contribution < 1.29 is 9.47 Å². The van der Waals surface area contributed by atoms with Gasteiger partial charge in [-0.05, 0) is 31.5 Å². The lowest BCUT2D eigenvalue weighted by Gasteiger charge is -2.13. The van der Waals surface area contributed by atoms with Crippen molar-refractivity contribution in [2.24, 2.45) is 0 Å². The fourth-order valence-electron chi connectivity index (χ4n) is 2.76. The van der Waals surface area contributed by atoms with Gasteiger partial charge in [-0.2, -0.15) is 4.98 Å². The molecule has 0 aliphatic carbocycles. The van der Waals surface area contributed by atoms with Crippen molar-refractivity contribution in [2.75, 3.05) is 24.9 Å². The molecule has 0 bridgehead atoms. The van der Waals surface area contributed by atoms with Gasteiger partial charge in [-0.1, -0.05) is 29.8 Å². The summed E-state index contributed by atoms with van der Waals surface area (Å²) < 4.78 is 10.7. The van der Waals surface area contributed by atoms with E-state index in [1.54, 1.807) is 14.2 Å². The summed E-state index contributed by atoms with van der Waals surface area (Å²) in [5.41, 5.74) is 4.05. The van der Waals surface area contributed by atoms with Gasteiger partial charge in [0.15, 0.2) is 0 Å². The Balaban J connectivity index is 1.79. The van der Waals surface area contributed by atoms with Crippen LogP contribution in [-0.2, 0) is 6.54 Å². The van der Waals surface area contributed by atoms with E-state index in [1.165, 1.54) is 11.1 Å². The number of aryl methyl sites for hydroxylation is 2. The third-order valence-corrected chi connectivity index (χ3v) is 4.06. The van der Waals surface area contributed by atoms with Gasteiger partial charge in [-0.25, -0.2) is 4.98 Å². The van der Waals surface area contributed by atoms with E-state index in [-0.39, 0.29) is 0 Å². The standard InChI is InChI=1S/C21H24N4O2/c1-14-6-5-7-16(10-14)13-22-20-11-15(2)23-21(25-20)24-18-12-17(26-3)8-9-19(18)27-4/h5-12H,13H2,1-4H3,(H2,22,23,24,25). The maximum absolute atomic E-state index is 5.40. The van der Waals surface area contributed by atoms with Gasteiger partial charge < -0.3 is 20.1 Å². The highest BCUT2D eigenvalue weighted by Crippen LogP contribution is 2.31. The Morgan fingerprint density at radius 1 is 0.926 bits per heavy atom. The Hall–Kier alpha value is -3.28. The molecule has 0 fully saturated rings. The molecule has 1 heterocycles. The molecule has 2 aromatic carbocycles. The summed E-state index contributed by atoms with van der Waals surface area (Å²) in [6, 6.07) is 15.8. The predicted molar refractivity (Wildman–Crippen MR) is 108 cm³/mol. The molecular formula is C21H24N4O2. The highest BCUT2D eigenvalue weighted by atomic mass is 16.5. The van der Waals surface area contributed by atoms with Gasteiger partial charge in [0, 0.05) is 24.4 Å². The van der Waals surface area contributed by atoms with Crippen molar-refractivity contribution in [1.29, 1.82) is 0 Å². The summed E-state index contributed by atoms with van der Waals surface area (Å²) in [6.07, 6.45) is 0. The molecule has 0 amide bonds. The van der Waals surface area contributed by atoms with E-state index in [9.17, 15) is 0 Å². The van der Waals surface area contributed by atoms with E-state index in [0.717, 1.165) is 22.9 Å². The molecule has 3 aromatic rings. The molecule has 0 unspecified atom stereocenters. The van der Waals surface area contributed by atoms with Crippen LogP contribution in [0.4, 0.5) is 17.5 Å². The number of hydrogen-bond donors (Lipinski definition) is 2. The molecule has 0 radical (unpaired) electrons. The minimum Gasteiger partial charge on any atom is -0.497 e. The topological polar surface area (TPSA) is 68.3 Å². The molecule has 3 rings (SSSR count). The zero-order valence-corrected chi connectivity index (χ0v) is 16.0. The van der Waals surface area contributed by atoms with Gasteiger partial charge in [0.25, 0.3) is 0 Å². The second-order valence-corrected chi connectivity index (χ2v) is 6.25. The zero-order valence-electron chi connectivity index (χ0n) is 16.0. The Kier molecular flexibility index (Phi) is 5.76. The van der Waals surface area contributed by atoms with Gasteiger partial charge in [-0.15, -0.1) is 0 Å². The van der Waals surface area contributed by atoms with Crippen LogP contribution < -0.4 is 20.1 Å². The Morgan fingerprint density at radius 2 is 1.78 bits per heavy atom. The van der Waals surface area contributed by atoms with Gasteiger partial charge >= 0.3 is 0 Å². The average Bonchev–Trinajstić information content (AvgIpc) is 2.66.